The summed E-state index contributed by atoms with van der Waals surface area (Å²) < 4.78 is 1.58. The minimum atomic E-state index is -1.11. The lowest BCUT2D eigenvalue weighted by atomic mass is 10.1. The molecule has 0 aliphatic carbocycles. The first-order valence-corrected chi connectivity index (χ1v) is 7.96. The predicted octanol–water partition coefficient (Wildman–Crippen LogP) is 1.97. The second kappa shape index (κ2) is 6.31. The molecule has 2 N–H and O–H groups in total. The van der Waals surface area contributed by atoms with E-state index in [1.54, 1.807) is 48.3 Å². The number of hydrogen-bond acceptors (Lipinski definition) is 5. The highest BCUT2D eigenvalue weighted by atomic mass is 32.1. The summed E-state index contributed by atoms with van der Waals surface area (Å²) in [4.78, 5) is 17.4. The maximum Gasteiger partial charge on any atom is 0.270 e. The molecule has 7 heteroatoms. The third-order valence-electron chi connectivity index (χ3n) is 3.35. The van der Waals surface area contributed by atoms with Crippen LogP contribution in [0.15, 0.2) is 54.2 Å². The van der Waals surface area contributed by atoms with Gasteiger partial charge in [-0.05, 0) is 36.6 Å². The minimum absolute atomic E-state index is 0.111. The third kappa shape index (κ3) is 3.46. The number of carbonyl (C=O) groups excluding carboxylic acids is 1. The van der Waals surface area contributed by atoms with E-state index < -0.39 is 5.60 Å². The van der Waals surface area contributed by atoms with Crippen molar-refractivity contribution in [1.29, 1.82) is 0 Å². The van der Waals surface area contributed by atoms with Gasteiger partial charge in [-0.1, -0.05) is 12.1 Å². The van der Waals surface area contributed by atoms with Gasteiger partial charge in [0.25, 0.3) is 5.91 Å². The van der Waals surface area contributed by atoms with E-state index in [9.17, 15) is 9.90 Å². The lowest BCUT2D eigenvalue weighted by Crippen LogP contribution is -2.38. The van der Waals surface area contributed by atoms with E-state index in [-0.39, 0.29) is 18.1 Å². The Balaban J connectivity index is 1.70. The van der Waals surface area contributed by atoms with Crippen LogP contribution in [0.5, 0.6) is 0 Å². The molecule has 0 aliphatic rings. The minimum Gasteiger partial charge on any atom is -0.383 e. The molecule has 3 aromatic rings. The number of nitrogens with one attached hydrogen (secondary N) is 1. The van der Waals surface area contributed by atoms with Crippen LogP contribution in [0.4, 0.5) is 0 Å². The van der Waals surface area contributed by atoms with Crippen LogP contribution < -0.4 is 5.32 Å². The van der Waals surface area contributed by atoms with E-state index in [1.165, 1.54) is 11.3 Å². The molecular weight excluding hydrogens is 312 g/mol. The van der Waals surface area contributed by atoms with Crippen molar-refractivity contribution >= 4 is 17.2 Å². The Morgan fingerprint density at radius 2 is 2.22 bits per heavy atom. The first kappa shape index (κ1) is 15.4. The van der Waals surface area contributed by atoms with Crippen LogP contribution in [0.3, 0.4) is 0 Å². The van der Waals surface area contributed by atoms with Gasteiger partial charge < -0.3 is 10.4 Å². The zero-order valence-electron chi connectivity index (χ0n) is 12.5. The quantitative estimate of drug-likeness (QED) is 0.750. The molecule has 0 saturated heterocycles. The average Bonchev–Trinajstić information content (AvgIpc) is 3.25. The van der Waals surface area contributed by atoms with Crippen molar-refractivity contribution in [3.8, 4) is 5.82 Å². The largest absolute Gasteiger partial charge is 0.383 e. The highest BCUT2D eigenvalue weighted by Gasteiger charge is 2.25. The number of hydrogen-bond donors (Lipinski definition) is 2. The molecule has 0 aromatic carbocycles. The molecule has 3 rings (SSSR count). The van der Waals surface area contributed by atoms with Gasteiger partial charge in [0.1, 0.15) is 11.3 Å². The topological polar surface area (TPSA) is 80.0 Å². The number of thiophene rings is 1. The summed E-state index contributed by atoms with van der Waals surface area (Å²) in [6, 6.07) is 10.6. The Morgan fingerprint density at radius 3 is 2.91 bits per heavy atom. The van der Waals surface area contributed by atoms with Crippen molar-refractivity contribution in [2.24, 2.45) is 0 Å². The van der Waals surface area contributed by atoms with E-state index in [4.69, 9.17) is 0 Å². The highest BCUT2D eigenvalue weighted by Crippen LogP contribution is 2.24. The second-order valence-corrected chi connectivity index (χ2v) is 6.21. The molecule has 1 amide bonds. The monoisotopic (exact) mass is 328 g/mol. The Bertz CT molecular complexity index is 782. The van der Waals surface area contributed by atoms with Crippen LogP contribution in [0, 0.1) is 0 Å². The number of rotatable bonds is 5. The molecule has 23 heavy (non-hydrogen) atoms. The third-order valence-corrected chi connectivity index (χ3v) is 4.47. The fraction of sp³-hybridized carbons (Fsp3) is 0.188. The average molecular weight is 328 g/mol. The summed E-state index contributed by atoms with van der Waals surface area (Å²) in [5.41, 5.74) is -0.830. The summed E-state index contributed by atoms with van der Waals surface area (Å²) in [6.07, 6.45) is 3.40. The van der Waals surface area contributed by atoms with Gasteiger partial charge in [0.2, 0.25) is 0 Å². The molecular formula is C16H16N4O2S. The maximum atomic E-state index is 12.3. The second-order valence-electron chi connectivity index (χ2n) is 5.27. The SMILES string of the molecule is CC(O)(CNC(=O)c1cccc(-n2cccn2)n1)c1cccs1. The number of amides is 1. The van der Waals surface area contributed by atoms with Crippen molar-refractivity contribution in [2.45, 2.75) is 12.5 Å². The fourth-order valence-electron chi connectivity index (χ4n) is 2.10. The van der Waals surface area contributed by atoms with Gasteiger partial charge in [0.15, 0.2) is 5.82 Å². The predicted molar refractivity (Wildman–Crippen MR) is 87.6 cm³/mol. The molecule has 118 valence electrons. The van der Waals surface area contributed by atoms with Crippen LogP contribution in [0.1, 0.15) is 22.3 Å². The van der Waals surface area contributed by atoms with Gasteiger partial charge in [-0.15, -0.1) is 11.3 Å². The normalized spacial score (nSPS) is 13.5. The van der Waals surface area contributed by atoms with Gasteiger partial charge in [0.05, 0.1) is 6.54 Å². The molecule has 0 spiro atoms. The van der Waals surface area contributed by atoms with Crippen molar-refractivity contribution in [3.05, 3.63) is 64.7 Å². The van der Waals surface area contributed by atoms with Crippen LogP contribution in [0.25, 0.3) is 5.82 Å². The first-order valence-electron chi connectivity index (χ1n) is 7.08. The molecule has 0 aliphatic heterocycles. The Labute approximate surface area is 137 Å². The number of aromatic nitrogens is 3. The number of nitrogens with zero attached hydrogens (tertiary/aromatic N) is 3. The molecule has 1 unspecified atom stereocenters. The van der Waals surface area contributed by atoms with Crippen molar-refractivity contribution in [2.75, 3.05) is 6.54 Å². The number of pyridine rings is 1. The van der Waals surface area contributed by atoms with E-state index in [0.717, 1.165) is 4.88 Å². The summed E-state index contributed by atoms with van der Waals surface area (Å²) in [5.74, 6) is 0.225. The van der Waals surface area contributed by atoms with Crippen molar-refractivity contribution in [1.82, 2.24) is 20.1 Å². The Morgan fingerprint density at radius 1 is 1.35 bits per heavy atom. The first-order chi connectivity index (χ1) is 11.1. The van der Waals surface area contributed by atoms with Gasteiger partial charge in [-0.25, -0.2) is 9.67 Å². The van der Waals surface area contributed by atoms with E-state index in [1.807, 2.05) is 17.5 Å². The van der Waals surface area contributed by atoms with Crippen molar-refractivity contribution in [3.63, 3.8) is 0 Å². The van der Waals surface area contributed by atoms with Gasteiger partial charge in [0, 0.05) is 17.3 Å². The summed E-state index contributed by atoms with van der Waals surface area (Å²) in [5, 5.41) is 19.1. The highest BCUT2D eigenvalue weighted by molar-refractivity contribution is 7.10. The van der Waals surface area contributed by atoms with E-state index in [2.05, 4.69) is 15.4 Å². The molecule has 0 radical (unpaired) electrons. The Hall–Kier alpha value is -2.51. The zero-order chi connectivity index (χ0) is 16.3. The molecule has 0 fully saturated rings. The van der Waals surface area contributed by atoms with Gasteiger partial charge in [-0.3, -0.25) is 4.79 Å². The van der Waals surface area contributed by atoms with E-state index in [0.29, 0.717) is 5.82 Å². The molecule has 3 aromatic heterocycles. The summed E-state index contributed by atoms with van der Waals surface area (Å²) >= 11 is 1.45. The lowest BCUT2D eigenvalue weighted by Gasteiger charge is -2.22. The zero-order valence-corrected chi connectivity index (χ0v) is 13.3. The maximum absolute atomic E-state index is 12.3. The standard InChI is InChI=1S/C16H16N4O2S/c1-16(22,13-6-3-10-23-13)11-17-15(21)12-5-2-7-14(19-12)20-9-4-8-18-20/h2-10,22H,11H2,1H3,(H,17,21). The molecule has 3 heterocycles. The molecule has 6 nitrogen and oxygen atoms in total. The van der Waals surface area contributed by atoms with Crippen LogP contribution in [-0.4, -0.2) is 32.3 Å². The van der Waals surface area contributed by atoms with Crippen LogP contribution >= 0.6 is 11.3 Å². The molecule has 0 saturated carbocycles. The molecule has 1 atom stereocenters. The smallest absolute Gasteiger partial charge is 0.270 e. The van der Waals surface area contributed by atoms with E-state index >= 15 is 0 Å². The van der Waals surface area contributed by atoms with Crippen LogP contribution in [-0.2, 0) is 5.60 Å². The fourth-order valence-corrected chi connectivity index (χ4v) is 2.88. The number of aliphatic hydroxyl groups is 1. The number of carbonyl (C=O) groups is 1. The molecule has 0 bridgehead atoms. The lowest BCUT2D eigenvalue weighted by molar-refractivity contribution is 0.0555. The van der Waals surface area contributed by atoms with Crippen LogP contribution in [0.2, 0.25) is 0 Å². The van der Waals surface area contributed by atoms with Gasteiger partial charge >= 0.3 is 0 Å². The summed E-state index contributed by atoms with van der Waals surface area (Å²) in [6.45, 7) is 1.78. The Kier molecular flexibility index (Phi) is 4.22. The van der Waals surface area contributed by atoms with Gasteiger partial charge in [-0.2, -0.15) is 5.10 Å². The summed E-state index contributed by atoms with van der Waals surface area (Å²) in [7, 11) is 0. The van der Waals surface area contributed by atoms with Crippen molar-refractivity contribution < 1.29 is 9.90 Å².